The van der Waals surface area contributed by atoms with E-state index in [-0.39, 0.29) is 35.9 Å². The first kappa shape index (κ1) is 40.7. The van der Waals surface area contributed by atoms with Gasteiger partial charge in [0.1, 0.15) is 22.8 Å². The fraction of sp³-hybridized carbons (Fsp3) is 0.409. The molecule has 2 aliphatic heterocycles. The van der Waals surface area contributed by atoms with Gasteiger partial charge >= 0.3 is 0 Å². The lowest BCUT2D eigenvalue weighted by atomic mass is 10.1. The minimum absolute atomic E-state index is 0.0486. The number of methoxy groups -OCH3 is 2. The van der Waals surface area contributed by atoms with Crippen molar-refractivity contribution >= 4 is 57.2 Å². The van der Waals surface area contributed by atoms with E-state index in [0.29, 0.717) is 120 Å². The summed E-state index contributed by atoms with van der Waals surface area (Å²) in [5.41, 5.74) is 3.56. The van der Waals surface area contributed by atoms with Crippen LogP contribution < -0.4 is 29.6 Å². The first-order valence-electron chi connectivity index (χ1n) is 20.8. The third kappa shape index (κ3) is 7.53. The summed E-state index contributed by atoms with van der Waals surface area (Å²) in [5.74, 6) is 3.48. The van der Waals surface area contributed by atoms with E-state index < -0.39 is 0 Å². The maximum absolute atomic E-state index is 13.0. The molecule has 2 amide bonds. The zero-order valence-electron chi connectivity index (χ0n) is 35.0. The second-order valence-electron chi connectivity index (χ2n) is 16.3. The highest BCUT2D eigenvalue weighted by atomic mass is 16.5. The zero-order valence-corrected chi connectivity index (χ0v) is 35.0. The summed E-state index contributed by atoms with van der Waals surface area (Å²) in [7, 11) is 3.11. The van der Waals surface area contributed by atoms with E-state index in [2.05, 4.69) is 40.5 Å². The molecular formula is C44H50N10O8. The first-order chi connectivity index (χ1) is 30.1. The van der Waals surface area contributed by atoms with E-state index in [0.717, 1.165) is 23.6 Å². The number of nitrogens with zero attached hydrogens (tertiary/aromatic N) is 6. The molecule has 18 nitrogen and oxygen atoms in total. The number of benzene rings is 2. The first-order valence-corrected chi connectivity index (χ1v) is 20.8. The smallest absolute Gasteiger partial charge is 0.254 e. The van der Waals surface area contributed by atoms with Crippen LogP contribution in [0.1, 0.15) is 47.4 Å². The second kappa shape index (κ2) is 16.3. The van der Waals surface area contributed by atoms with Crippen molar-refractivity contribution in [3.8, 4) is 23.3 Å². The number of aromatic nitrogens is 6. The molecule has 2 saturated heterocycles. The Kier molecular flexibility index (Phi) is 10.7. The van der Waals surface area contributed by atoms with Gasteiger partial charge in [-0.05, 0) is 87.1 Å². The summed E-state index contributed by atoms with van der Waals surface area (Å²) in [6, 6.07) is 14.3. The molecule has 4 unspecified atom stereocenters. The second-order valence-corrected chi connectivity index (χ2v) is 16.3. The third-order valence-corrected chi connectivity index (χ3v) is 12.5. The van der Waals surface area contributed by atoms with Crippen molar-refractivity contribution in [1.29, 1.82) is 0 Å². The van der Waals surface area contributed by atoms with E-state index in [1.165, 1.54) is 0 Å². The molecule has 0 bridgehead atoms. The Balaban J connectivity index is 0.000000158. The number of ether oxygens (including phenoxy) is 4. The number of hydrogen-bond acceptors (Lipinski definition) is 14. The van der Waals surface area contributed by atoms with Gasteiger partial charge in [0.15, 0.2) is 0 Å². The van der Waals surface area contributed by atoms with Crippen LogP contribution in [-0.2, 0) is 0 Å². The van der Waals surface area contributed by atoms with Crippen LogP contribution in [0.3, 0.4) is 0 Å². The number of amides is 2. The molecule has 0 spiro atoms. The SMILES string of the molecule is CCOc1nc(Nc2ccc(C(=O)N3CC4CC4(CO)C3)cc2OC)nc2[nH]ccc12.CCOc1nc(Nc2ccc(C(=O)N3CC4CC4(CO)C3)cc2OC)nc2[nH]ccc12. The van der Waals surface area contributed by atoms with Gasteiger partial charge in [-0.2, -0.15) is 19.9 Å². The minimum Gasteiger partial charge on any atom is -0.495 e. The number of nitrogens with one attached hydrogen (secondary N) is 4. The van der Waals surface area contributed by atoms with Crippen LogP contribution in [0.4, 0.5) is 23.3 Å². The molecule has 6 N–H and O–H groups in total. The number of aliphatic hydroxyl groups excluding tert-OH is 2. The summed E-state index contributed by atoms with van der Waals surface area (Å²) in [6.07, 6.45) is 5.59. The summed E-state index contributed by atoms with van der Waals surface area (Å²) in [6.45, 7) is 7.69. The predicted molar refractivity (Wildman–Crippen MR) is 230 cm³/mol. The minimum atomic E-state index is -0.0761. The Bertz CT molecular complexity index is 2460. The van der Waals surface area contributed by atoms with Crippen molar-refractivity contribution in [2.45, 2.75) is 26.7 Å². The molecule has 2 aliphatic carbocycles. The number of likely N-dealkylation sites (tertiary alicyclic amines) is 2. The van der Waals surface area contributed by atoms with Crippen LogP contribution in [-0.4, -0.2) is 129 Å². The maximum Gasteiger partial charge on any atom is 0.254 e. The maximum atomic E-state index is 13.0. The molecule has 4 fully saturated rings. The van der Waals surface area contributed by atoms with Gasteiger partial charge in [0.25, 0.3) is 11.8 Å². The largest absolute Gasteiger partial charge is 0.495 e. The molecule has 2 aromatic carbocycles. The lowest BCUT2D eigenvalue weighted by molar-refractivity contribution is 0.0743. The van der Waals surface area contributed by atoms with Gasteiger partial charge < -0.3 is 59.6 Å². The highest BCUT2D eigenvalue weighted by Gasteiger charge is 2.61. The van der Waals surface area contributed by atoms with Gasteiger partial charge in [-0.1, -0.05) is 0 Å². The van der Waals surface area contributed by atoms with Gasteiger partial charge in [-0.25, -0.2) is 0 Å². The Labute approximate surface area is 357 Å². The van der Waals surface area contributed by atoms with E-state index in [9.17, 15) is 19.8 Å². The van der Waals surface area contributed by atoms with Gasteiger partial charge in [-0.15, -0.1) is 0 Å². The highest BCUT2D eigenvalue weighted by molar-refractivity contribution is 5.97. The van der Waals surface area contributed by atoms with E-state index in [4.69, 9.17) is 18.9 Å². The van der Waals surface area contributed by atoms with Gasteiger partial charge in [-0.3, -0.25) is 9.59 Å². The number of aromatic amines is 2. The van der Waals surface area contributed by atoms with Crippen molar-refractivity contribution in [3.63, 3.8) is 0 Å². The van der Waals surface area contributed by atoms with Crippen LogP contribution in [0.15, 0.2) is 60.9 Å². The fourth-order valence-corrected chi connectivity index (χ4v) is 8.88. The van der Waals surface area contributed by atoms with Crippen molar-refractivity contribution in [1.82, 2.24) is 39.7 Å². The number of carbonyl (C=O) groups is 2. The van der Waals surface area contributed by atoms with Crippen molar-refractivity contribution in [2.24, 2.45) is 22.7 Å². The van der Waals surface area contributed by atoms with Crippen LogP contribution in [0.2, 0.25) is 0 Å². The van der Waals surface area contributed by atoms with Crippen molar-refractivity contribution < 1.29 is 38.7 Å². The monoisotopic (exact) mass is 846 g/mol. The highest BCUT2D eigenvalue weighted by Crippen LogP contribution is 2.58. The lowest BCUT2D eigenvalue weighted by Gasteiger charge is -2.21. The Morgan fingerprint density at radius 3 is 1.50 bits per heavy atom. The summed E-state index contributed by atoms with van der Waals surface area (Å²) in [5, 5.41) is 27.2. The number of piperidine rings is 2. The molecular weight excluding hydrogens is 797 g/mol. The van der Waals surface area contributed by atoms with E-state index in [1.54, 1.807) is 63.0 Å². The topological polar surface area (TPSA) is 225 Å². The molecule has 0 radical (unpaired) electrons. The molecule has 2 saturated carbocycles. The molecule has 6 heterocycles. The van der Waals surface area contributed by atoms with Crippen LogP contribution in [0.25, 0.3) is 22.1 Å². The average molecular weight is 847 g/mol. The van der Waals surface area contributed by atoms with Crippen LogP contribution >= 0.6 is 0 Å². The van der Waals surface area contributed by atoms with E-state index in [1.807, 2.05) is 35.8 Å². The Hall–Kier alpha value is -6.66. The number of carbonyl (C=O) groups excluding carboxylic acids is 2. The quantitative estimate of drug-likeness (QED) is 0.0837. The summed E-state index contributed by atoms with van der Waals surface area (Å²) in [4.78, 5) is 53.6. The fourth-order valence-electron chi connectivity index (χ4n) is 8.88. The normalized spacial score (nSPS) is 21.8. The number of hydrogen-bond donors (Lipinski definition) is 6. The van der Waals surface area contributed by atoms with Crippen molar-refractivity contribution in [3.05, 3.63) is 72.1 Å². The number of aliphatic hydroxyl groups is 2. The Morgan fingerprint density at radius 2 is 1.13 bits per heavy atom. The van der Waals surface area contributed by atoms with Gasteiger partial charge in [0.2, 0.25) is 23.7 Å². The van der Waals surface area contributed by atoms with Gasteiger partial charge in [0.05, 0.1) is 62.8 Å². The average Bonchev–Trinajstić information content (AvgIpc) is 3.70. The molecule has 18 heteroatoms. The number of anilines is 4. The van der Waals surface area contributed by atoms with Crippen molar-refractivity contribution in [2.75, 3.05) is 77.5 Å². The van der Waals surface area contributed by atoms with Crippen LogP contribution in [0, 0.1) is 22.7 Å². The van der Waals surface area contributed by atoms with Gasteiger partial charge in [0, 0.05) is 60.5 Å². The molecule has 4 aromatic heterocycles. The van der Waals surface area contributed by atoms with E-state index >= 15 is 0 Å². The molecule has 6 aromatic rings. The number of rotatable bonds is 14. The molecule has 62 heavy (non-hydrogen) atoms. The Morgan fingerprint density at radius 1 is 0.694 bits per heavy atom. The molecule has 4 aliphatic rings. The number of fused-ring (bicyclic) bond motifs is 4. The summed E-state index contributed by atoms with van der Waals surface area (Å²) < 4.78 is 22.3. The lowest BCUT2D eigenvalue weighted by Crippen LogP contribution is -2.32. The third-order valence-electron chi connectivity index (χ3n) is 12.5. The predicted octanol–water partition coefficient (Wildman–Crippen LogP) is 5.13. The molecule has 324 valence electrons. The molecule has 10 rings (SSSR count). The molecule has 4 atom stereocenters. The number of H-pyrrole nitrogens is 2. The zero-order chi connectivity index (χ0) is 43.2. The standard InChI is InChI=1S/2C22H25N5O4/c2*1-3-31-19-15-6-7-23-18(15)25-21(26-19)24-16-5-4-13(8-17(16)30-2)20(29)27-10-14-9-22(14,11-27)12-28/h2*4-8,14,28H,3,9-12H2,1-2H3,(H2,23,24,25,26). The summed E-state index contributed by atoms with van der Waals surface area (Å²) >= 11 is 0. The van der Waals surface area contributed by atoms with Crippen LogP contribution in [0.5, 0.6) is 23.3 Å².